The molecule has 0 atom stereocenters. The van der Waals surface area contributed by atoms with E-state index < -0.39 is 0 Å². The van der Waals surface area contributed by atoms with Crippen molar-refractivity contribution >= 4 is 44.0 Å². The van der Waals surface area contributed by atoms with Gasteiger partial charge in [0.15, 0.2) is 0 Å². The van der Waals surface area contributed by atoms with Crippen molar-refractivity contribution in [2.24, 2.45) is 0 Å². The number of fused-ring (bicyclic) bond motifs is 6. The van der Waals surface area contributed by atoms with Crippen LogP contribution in [0.2, 0.25) is 0 Å². The lowest BCUT2D eigenvalue weighted by atomic mass is 9.98. The Labute approximate surface area is 254 Å². The minimum atomic E-state index is 0.895. The average molecular weight is 563 g/mol. The first-order chi connectivity index (χ1) is 21.8. The number of para-hydroxylation sites is 2. The van der Waals surface area contributed by atoms with E-state index in [1.807, 2.05) is 12.3 Å². The summed E-state index contributed by atoms with van der Waals surface area (Å²) >= 11 is 0. The lowest BCUT2D eigenvalue weighted by Gasteiger charge is -2.13. The molecule has 0 saturated heterocycles. The Kier molecular flexibility index (Phi) is 5.47. The molecule has 0 N–H and O–H groups in total. The van der Waals surface area contributed by atoms with Crippen molar-refractivity contribution in [1.29, 1.82) is 0 Å². The molecule has 4 aromatic heterocycles. The van der Waals surface area contributed by atoms with Crippen LogP contribution in [0.15, 0.2) is 158 Å². The smallest absolute Gasteiger partial charge is 0.148 e. The predicted octanol–water partition coefficient (Wildman–Crippen LogP) is 10.0. The molecule has 9 aromatic rings. The van der Waals surface area contributed by atoms with Crippen molar-refractivity contribution in [1.82, 2.24) is 19.1 Å². The molecule has 4 nitrogen and oxygen atoms in total. The molecule has 0 radical (unpaired) electrons. The molecule has 4 heteroatoms. The predicted molar refractivity (Wildman–Crippen MR) is 182 cm³/mol. The van der Waals surface area contributed by atoms with Crippen molar-refractivity contribution in [3.8, 4) is 33.6 Å². The minimum Gasteiger partial charge on any atom is -0.308 e. The fourth-order valence-corrected chi connectivity index (χ4v) is 6.56. The van der Waals surface area contributed by atoms with Crippen molar-refractivity contribution in [2.75, 3.05) is 0 Å². The summed E-state index contributed by atoms with van der Waals surface area (Å²) in [7, 11) is 0. The van der Waals surface area contributed by atoms with E-state index >= 15 is 0 Å². The largest absolute Gasteiger partial charge is 0.308 e. The highest BCUT2D eigenvalue weighted by Crippen LogP contribution is 2.38. The Bertz CT molecular complexity index is 2420. The third-order valence-electron chi connectivity index (χ3n) is 8.52. The summed E-state index contributed by atoms with van der Waals surface area (Å²) in [5.74, 6) is 0. The Morgan fingerprint density at radius 3 is 1.70 bits per heavy atom. The second-order valence-electron chi connectivity index (χ2n) is 11.1. The highest BCUT2D eigenvalue weighted by atomic mass is 15.1. The Morgan fingerprint density at radius 2 is 1.00 bits per heavy atom. The average Bonchev–Trinajstić information content (AvgIpc) is 3.60. The van der Waals surface area contributed by atoms with Gasteiger partial charge in [-0.05, 0) is 76.9 Å². The molecular weight excluding hydrogens is 536 g/mol. The first-order valence-electron chi connectivity index (χ1n) is 14.8. The molecule has 0 fully saturated rings. The zero-order chi connectivity index (χ0) is 29.0. The molecule has 44 heavy (non-hydrogen) atoms. The normalized spacial score (nSPS) is 11.6. The van der Waals surface area contributed by atoms with Crippen molar-refractivity contribution in [3.63, 3.8) is 0 Å². The van der Waals surface area contributed by atoms with E-state index in [4.69, 9.17) is 9.97 Å². The minimum absolute atomic E-state index is 0.895. The van der Waals surface area contributed by atoms with Gasteiger partial charge in [-0.15, -0.1) is 0 Å². The molecule has 0 unspecified atom stereocenters. The van der Waals surface area contributed by atoms with Crippen LogP contribution in [0, 0.1) is 0 Å². The second-order valence-corrected chi connectivity index (χ2v) is 11.1. The van der Waals surface area contributed by atoms with Gasteiger partial charge >= 0.3 is 0 Å². The van der Waals surface area contributed by atoms with E-state index in [0.717, 1.165) is 66.5 Å². The molecule has 0 bridgehead atoms. The van der Waals surface area contributed by atoms with Crippen LogP contribution < -0.4 is 0 Å². The van der Waals surface area contributed by atoms with Gasteiger partial charge in [-0.3, -0.25) is 9.55 Å². The maximum absolute atomic E-state index is 5.47. The van der Waals surface area contributed by atoms with Crippen LogP contribution in [0.5, 0.6) is 0 Å². The fourth-order valence-electron chi connectivity index (χ4n) is 6.56. The summed E-state index contributed by atoms with van der Waals surface area (Å²) in [4.78, 5) is 10.4. The second kappa shape index (κ2) is 9.79. The van der Waals surface area contributed by atoms with Gasteiger partial charge in [-0.25, -0.2) is 4.98 Å². The van der Waals surface area contributed by atoms with Crippen molar-refractivity contribution < 1.29 is 0 Å². The molecule has 206 valence electrons. The van der Waals surface area contributed by atoms with Crippen LogP contribution in [0.1, 0.15) is 0 Å². The Morgan fingerprint density at radius 1 is 0.386 bits per heavy atom. The van der Waals surface area contributed by atoms with Crippen LogP contribution in [0.3, 0.4) is 0 Å². The maximum Gasteiger partial charge on any atom is 0.148 e. The van der Waals surface area contributed by atoms with Gasteiger partial charge in [0.1, 0.15) is 5.65 Å². The molecule has 0 aliphatic rings. The number of hydrogen-bond donors (Lipinski definition) is 0. The molecular formula is C40H26N4. The van der Waals surface area contributed by atoms with E-state index in [-0.39, 0.29) is 0 Å². The molecule has 0 spiro atoms. The number of benzene rings is 5. The monoisotopic (exact) mass is 562 g/mol. The summed E-state index contributed by atoms with van der Waals surface area (Å²) in [6, 6.07) is 53.5. The van der Waals surface area contributed by atoms with Gasteiger partial charge in [0.25, 0.3) is 0 Å². The molecule has 0 amide bonds. The molecule has 0 saturated carbocycles. The first-order valence-corrected chi connectivity index (χ1v) is 14.8. The first kappa shape index (κ1) is 24.6. The third-order valence-corrected chi connectivity index (χ3v) is 8.52. The SMILES string of the molecule is c1ccc(-c2cc(-c3ccccc3)cc(-n3c4cccnc4c4cc5c(nc43)c3ccccc3n5-c3ccccc3)c2)cc1. The molecule has 4 heterocycles. The van der Waals surface area contributed by atoms with E-state index in [2.05, 4.69) is 155 Å². The van der Waals surface area contributed by atoms with E-state index in [9.17, 15) is 0 Å². The number of aromatic nitrogens is 4. The summed E-state index contributed by atoms with van der Waals surface area (Å²) in [6.45, 7) is 0. The summed E-state index contributed by atoms with van der Waals surface area (Å²) < 4.78 is 4.59. The standard InChI is InChI=1S/C40H26N4/c1-4-13-27(14-5-1)29-23-30(28-15-6-2-7-16-28)25-32(24-29)44-36-21-12-22-41-38(36)34-26-37-39(42-40(34)44)33-19-10-11-20-35(33)43(37)31-17-8-3-9-18-31/h1-26H. The van der Waals surface area contributed by atoms with E-state index in [1.54, 1.807) is 0 Å². The summed E-state index contributed by atoms with van der Waals surface area (Å²) in [5, 5.41) is 2.15. The van der Waals surface area contributed by atoms with Crippen molar-refractivity contribution in [3.05, 3.63) is 158 Å². The Hall–Kier alpha value is -6.00. The molecule has 5 aromatic carbocycles. The quantitative estimate of drug-likeness (QED) is 0.214. The van der Waals surface area contributed by atoms with Crippen molar-refractivity contribution in [2.45, 2.75) is 0 Å². The number of pyridine rings is 2. The fraction of sp³-hybridized carbons (Fsp3) is 0. The van der Waals surface area contributed by atoms with Gasteiger partial charge in [0, 0.05) is 28.3 Å². The van der Waals surface area contributed by atoms with Crippen LogP contribution in [0.25, 0.3) is 77.6 Å². The zero-order valence-electron chi connectivity index (χ0n) is 23.8. The highest BCUT2D eigenvalue weighted by molar-refractivity contribution is 6.14. The topological polar surface area (TPSA) is 35.6 Å². The maximum atomic E-state index is 5.47. The van der Waals surface area contributed by atoms with Gasteiger partial charge in [-0.1, -0.05) is 97.1 Å². The van der Waals surface area contributed by atoms with Gasteiger partial charge < -0.3 is 4.57 Å². The third kappa shape index (κ3) is 3.78. The zero-order valence-corrected chi connectivity index (χ0v) is 23.8. The summed E-state index contributed by atoms with van der Waals surface area (Å²) in [5.41, 5.74) is 12.9. The van der Waals surface area contributed by atoms with Gasteiger partial charge in [0.05, 0.1) is 27.6 Å². The lowest BCUT2D eigenvalue weighted by molar-refractivity contribution is 1.14. The van der Waals surface area contributed by atoms with Crippen LogP contribution in [0.4, 0.5) is 0 Å². The summed E-state index contributed by atoms with van der Waals surface area (Å²) in [6.07, 6.45) is 1.87. The molecule has 0 aliphatic carbocycles. The Balaban J connectivity index is 1.40. The number of nitrogens with zero attached hydrogens (tertiary/aromatic N) is 4. The molecule has 0 aliphatic heterocycles. The van der Waals surface area contributed by atoms with E-state index in [0.29, 0.717) is 0 Å². The van der Waals surface area contributed by atoms with Gasteiger partial charge in [0.2, 0.25) is 0 Å². The molecule has 9 rings (SSSR count). The van der Waals surface area contributed by atoms with Crippen LogP contribution in [-0.2, 0) is 0 Å². The lowest BCUT2D eigenvalue weighted by Crippen LogP contribution is -1.98. The van der Waals surface area contributed by atoms with Crippen LogP contribution in [-0.4, -0.2) is 19.1 Å². The van der Waals surface area contributed by atoms with Gasteiger partial charge in [-0.2, -0.15) is 0 Å². The van der Waals surface area contributed by atoms with Crippen LogP contribution >= 0.6 is 0 Å². The van der Waals surface area contributed by atoms with E-state index in [1.165, 1.54) is 11.1 Å². The highest BCUT2D eigenvalue weighted by Gasteiger charge is 2.21. The number of hydrogen-bond acceptors (Lipinski definition) is 2. The number of rotatable bonds is 4.